The molecule has 3 aliphatic rings. The van der Waals surface area contributed by atoms with Gasteiger partial charge in [0.05, 0.1) is 0 Å². The molecular weight excluding hydrogens is 1230 g/mol. The molecule has 0 spiro atoms. The van der Waals surface area contributed by atoms with Gasteiger partial charge in [0.15, 0.2) is 0 Å². The number of nitrogens with zero attached hydrogens (tertiary/aromatic N) is 4. The molecule has 0 saturated carbocycles. The van der Waals surface area contributed by atoms with E-state index in [0.29, 0.717) is 81.0 Å². The second kappa shape index (κ2) is 35.3. The maximum absolute atomic E-state index is 20.3. The van der Waals surface area contributed by atoms with Crippen molar-refractivity contribution in [2.24, 2.45) is 0 Å². The molecule has 0 bridgehead atoms. The molecule has 0 unspecified atom stereocenters. The maximum atomic E-state index is 20.3. The van der Waals surface area contributed by atoms with Crippen LogP contribution in [0.5, 0.6) is 0 Å². The monoisotopic (exact) mass is 1340 g/mol. The zero-order chi connectivity index (χ0) is 62.6. The summed E-state index contributed by atoms with van der Waals surface area (Å²) < 4.78 is 74.8. The zero-order valence-electron chi connectivity index (χ0n) is 56.5. The van der Waals surface area contributed by atoms with E-state index in [1.165, 1.54) is 180 Å². The summed E-state index contributed by atoms with van der Waals surface area (Å²) in [6, 6.07) is 4.15. The number of benzene rings is 3. The third-order valence-corrected chi connectivity index (χ3v) is 23.8. The molecule has 5 aromatic rings. The van der Waals surface area contributed by atoms with Crippen molar-refractivity contribution in [3.63, 3.8) is 0 Å². The number of fused-ring (bicyclic) bond motifs is 10. The summed E-state index contributed by atoms with van der Waals surface area (Å²) in [5, 5.41) is 22.5. The molecule has 2 aromatic heterocycles. The normalized spacial score (nSPS) is 15.9. The molecule has 8 nitrogen and oxygen atoms in total. The standard InChI is InChI=1S/C74H116B2F2N4O4Se2/c1-9-13-17-21-25-29-33-37-41-45-49-73(50-46-42-38-34-30-26-22-18-14-10-2)55-53-57(75(83)84)67-69(81-87-79-67)59(55)61-63(73)66(78)62-60-56(54-58(68-70(60)82-88-80-68)76-85-71(5,6)72(7,8)86-76)74(64(62)65(61)77,51-47-43-39-35-31-27-23-19-15-11-3)52-48-44-40-36-32-28-24-20-16-12-4/h53-54,83-84H,9-52H2,1-8H3. The van der Waals surface area contributed by atoms with E-state index in [4.69, 9.17) is 25.2 Å². The van der Waals surface area contributed by atoms with E-state index in [2.05, 4.69) is 61.5 Å². The van der Waals surface area contributed by atoms with Crippen LogP contribution in [0.4, 0.5) is 8.78 Å². The molecular formula is C74H116B2F2N4O4Se2. The Morgan fingerprint density at radius 3 is 0.977 bits per heavy atom. The first kappa shape index (κ1) is 71.6. The van der Waals surface area contributed by atoms with Crippen molar-refractivity contribution >= 4 is 77.2 Å². The summed E-state index contributed by atoms with van der Waals surface area (Å²) in [6.07, 6.45) is 49.9. The van der Waals surface area contributed by atoms with Crippen molar-refractivity contribution in [2.45, 2.75) is 360 Å². The van der Waals surface area contributed by atoms with E-state index >= 15 is 8.78 Å². The van der Waals surface area contributed by atoms with Crippen LogP contribution in [-0.2, 0) is 20.1 Å². The molecule has 3 heterocycles. The predicted molar refractivity (Wildman–Crippen MR) is 370 cm³/mol. The minimum Gasteiger partial charge on any atom is -0.0654 e. The van der Waals surface area contributed by atoms with Crippen molar-refractivity contribution in [1.29, 1.82) is 0 Å². The fourth-order valence-corrected chi connectivity index (χ4v) is 18.2. The summed E-state index contributed by atoms with van der Waals surface area (Å²) >= 11 is -1.08. The molecule has 488 valence electrons. The van der Waals surface area contributed by atoms with Gasteiger partial charge in [-0.25, -0.2) is 0 Å². The molecule has 2 N–H and O–H groups in total. The Morgan fingerprint density at radius 1 is 0.386 bits per heavy atom. The minimum absolute atomic E-state index is 0.297. The Balaban J connectivity index is 1.29. The van der Waals surface area contributed by atoms with Crippen LogP contribution in [0.15, 0.2) is 12.1 Å². The Morgan fingerprint density at radius 2 is 0.659 bits per heavy atom. The van der Waals surface area contributed by atoms with Crippen molar-refractivity contribution in [2.75, 3.05) is 0 Å². The van der Waals surface area contributed by atoms with E-state index in [9.17, 15) is 10.0 Å². The van der Waals surface area contributed by atoms with E-state index < -0.39 is 66.2 Å². The van der Waals surface area contributed by atoms with Crippen LogP contribution in [0.1, 0.15) is 360 Å². The van der Waals surface area contributed by atoms with Gasteiger partial charge in [-0.3, -0.25) is 0 Å². The van der Waals surface area contributed by atoms with Gasteiger partial charge < -0.3 is 0 Å². The third kappa shape index (κ3) is 16.8. The van der Waals surface area contributed by atoms with Crippen LogP contribution in [0.3, 0.4) is 0 Å². The van der Waals surface area contributed by atoms with E-state index in [-0.39, 0.29) is 11.6 Å². The Bertz CT molecular complexity index is 2860. The summed E-state index contributed by atoms with van der Waals surface area (Å²) in [6.45, 7) is 17.5. The van der Waals surface area contributed by atoms with Gasteiger partial charge in [0.2, 0.25) is 0 Å². The minimum atomic E-state index is -1.81. The Labute approximate surface area is 546 Å². The van der Waals surface area contributed by atoms with Gasteiger partial charge in [-0.05, 0) is 0 Å². The van der Waals surface area contributed by atoms with Crippen molar-refractivity contribution in [3.8, 4) is 22.3 Å². The zero-order valence-corrected chi connectivity index (χ0v) is 59.9. The SMILES string of the molecule is CCCCCCCCCCCCC1(CCCCCCCCCCCC)c2cc(B(O)O)c3n[se]nc3c2-c2c(F)c3c(c(F)c21)-c1c(cc(B2OC(C)(C)C(C)(C)O2)c2n[se]nc12)C3(CCCCCCCCCCCC)CCCCCCCCCCCC. The molecule has 0 amide bonds. The van der Waals surface area contributed by atoms with Crippen molar-refractivity contribution in [3.05, 3.63) is 46.0 Å². The first-order valence-corrected chi connectivity index (χ1v) is 39.7. The molecule has 8 rings (SSSR count). The average molecular weight is 1340 g/mol. The van der Waals surface area contributed by atoms with Gasteiger partial charge >= 0.3 is 419 Å². The molecule has 1 fully saturated rings. The Kier molecular flexibility index (Phi) is 28.7. The molecule has 3 aromatic carbocycles. The summed E-state index contributed by atoms with van der Waals surface area (Å²) in [5.41, 5.74) is 5.24. The predicted octanol–water partition coefficient (Wildman–Crippen LogP) is 19.7. The average Bonchev–Trinajstić information content (AvgIpc) is 1.50. The van der Waals surface area contributed by atoms with Crippen molar-refractivity contribution < 1.29 is 28.1 Å². The van der Waals surface area contributed by atoms with Gasteiger partial charge in [-0.15, -0.1) is 0 Å². The first-order valence-electron chi connectivity index (χ1n) is 36.6. The van der Waals surface area contributed by atoms with Crippen LogP contribution in [0, 0.1) is 11.6 Å². The van der Waals surface area contributed by atoms with Gasteiger partial charge in [-0.1, -0.05) is 130 Å². The van der Waals surface area contributed by atoms with Crippen LogP contribution >= 0.6 is 0 Å². The van der Waals surface area contributed by atoms with Gasteiger partial charge in [0, 0.05) is 0 Å². The van der Waals surface area contributed by atoms with E-state index in [1.807, 2.05) is 6.07 Å². The first-order chi connectivity index (χ1) is 42.7. The summed E-state index contributed by atoms with van der Waals surface area (Å²) in [5.74, 6) is -0.645. The molecule has 1 saturated heterocycles. The van der Waals surface area contributed by atoms with Crippen LogP contribution in [0.2, 0.25) is 0 Å². The Hall–Kier alpha value is -2.27. The second-order valence-electron chi connectivity index (χ2n) is 28.7. The number of hydrogen-bond donors (Lipinski definition) is 2. The van der Waals surface area contributed by atoms with Gasteiger partial charge in [0.1, 0.15) is 0 Å². The number of halogens is 2. The molecule has 1 aliphatic heterocycles. The molecule has 14 heteroatoms. The fourth-order valence-electron chi connectivity index (χ4n) is 15.8. The topological polar surface area (TPSA) is 110 Å². The number of unbranched alkanes of at least 4 members (excludes halogenated alkanes) is 36. The van der Waals surface area contributed by atoms with Crippen LogP contribution < -0.4 is 10.9 Å². The number of hydrogen-bond acceptors (Lipinski definition) is 8. The van der Waals surface area contributed by atoms with Crippen LogP contribution in [0.25, 0.3) is 44.3 Å². The summed E-state index contributed by atoms with van der Waals surface area (Å²) in [4.78, 5) is 0. The van der Waals surface area contributed by atoms with E-state index in [1.54, 1.807) is 0 Å². The smallest absolute Gasteiger partial charge is 0.0654 e. The van der Waals surface area contributed by atoms with Gasteiger partial charge in [0.25, 0.3) is 0 Å². The second-order valence-corrected chi connectivity index (χ2v) is 30.9. The number of aromatic nitrogens is 4. The third-order valence-electron chi connectivity index (χ3n) is 21.6. The molecule has 0 atom stereocenters. The van der Waals surface area contributed by atoms with Gasteiger partial charge in [-0.2, -0.15) is 0 Å². The molecule has 0 radical (unpaired) electrons. The molecule has 2 aliphatic carbocycles. The van der Waals surface area contributed by atoms with Crippen LogP contribution in [-0.4, -0.2) is 81.3 Å². The molecule has 88 heavy (non-hydrogen) atoms. The fraction of sp³-hybridized carbons (Fsp3) is 0.757. The summed E-state index contributed by atoms with van der Waals surface area (Å²) in [7, 11) is -2.53. The van der Waals surface area contributed by atoms with Crippen molar-refractivity contribution in [1.82, 2.24) is 15.9 Å². The number of rotatable bonds is 46. The quantitative estimate of drug-likeness (QED) is 0.0293. The van der Waals surface area contributed by atoms with E-state index in [0.717, 1.165) is 99.2 Å².